The summed E-state index contributed by atoms with van der Waals surface area (Å²) < 4.78 is 87.7. The average Bonchev–Trinajstić information content (AvgIpc) is 3.72. The molecule has 3 aromatic rings. The topological polar surface area (TPSA) is 136 Å². The highest BCUT2D eigenvalue weighted by Gasteiger charge is 2.54. The van der Waals surface area contributed by atoms with E-state index in [0.29, 0.717) is 28.3 Å². The molecule has 1 spiro atoms. The zero-order valence-corrected chi connectivity index (χ0v) is 28.0. The second kappa shape index (κ2) is 12.9. The highest BCUT2D eigenvalue weighted by Crippen LogP contribution is 2.57. The highest BCUT2D eigenvalue weighted by atomic mass is 32.2. The van der Waals surface area contributed by atoms with Crippen molar-refractivity contribution < 1.29 is 49.9 Å². The van der Waals surface area contributed by atoms with Gasteiger partial charge in [-0.15, -0.1) is 13.2 Å². The minimum atomic E-state index is -4.92. The number of fused-ring (bicyclic) bond motifs is 2. The molecule has 11 nitrogen and oxygen atoms in total. The van der Waals surface area contributed by atoms with Crippen LogP contribution >= 0.6 is 0 Å². The van der Waals surface area contributed by atoms with Gasteiger partial charge in [-0.25, -0.2) is 17.5 Å². The fraction of sp³-hybridized carbons (Fsp3) is 0.364. The summed E-state index contributed by atoms with van der Waals surface area (Å²) in [6.07, 6.45) is -2.59. The van der Waals surface area contributed by atoms with Crippen molar-refractivity contribution in [3.05, 3.63) is 83.2 Å². The maximum atomic E-state index is 14.4. The Morgan fingerprint density at radius 3 is 2.27 bits per heavy atom. The number of methoxy groups -OCH3 is 1. The lowest BCUT2D eigenvalue weighted by Crippen LogP contribution is -2.45. The Morgan fingerprint density at radius 1 is 1.00 bits per heavy atom. The zero-order valence-electron chi connectivity index (χ0n) is 27.1. The SMILES string of the molecule is COc1cc(NC(C(=O)N2CC3(CC3)c3ccc(OC(F)(F)F)cc32)c2ccc(F)cc2)cc(C(C)=NOC(C)(C)C(=O)NS(C)(=O)=O)c1. The van der Waals surface area contributed by atoms with Crippen LogP contribution in [0.2, 0.25) is 0 Å². The van der Waals surface area contributed by atoms with Gasteiger partial charge >= 0.3 is 6.36 Å². The van der Waals surface area contributed by atoms with Crippen LogP contribution in [-0.2, 0) is 29.9 Å². The van der Waals surface area contributed by atoms with Crippen molar-refractivity contribution in [2.45, 2.75) is 57.0 Å². The first-order valence-corrected chi connectivity index (χ1v) is 16.9. The summed E-state index contributed by atoms with van der Waals surface area (Å²) in [4.78, 5) is 33.6. The predicted octanol–water partition coefficient (Wildman–Crippen LogP) is 5.56. The Morgan fingerprint density at radius 2 is 1.67 bits per heavy atom. The number of carbonyl (C=O) groups excluding carboxylic acids is 2. The van der Waals surface area contributed by atoms with Crippen LogP contribution in [-0.4, -0.2) is 57.8 Å². The molecular formula is C33H34F4N4O7S. The third-order valence-electron chi connectivity index (χ3n) is 8.20. The van der Waals surface area contributed by atoms with Gasteiger partial charge in [0.15, 0.2) is 0 Å². The van der Waals surface area contributed by atoms with E-state index in [2.05, 4.69) is 15.2 Å². The zero-order chi connectivity index (χ0) is 35.9. The molecule has 1 fully saturated rings. The number of benzene rings is 3. The van der Waals surface area contributed by atoms with Crippen molar-refractivity contribution in [2.75, 3.05) is 30.1 Å². The number of nitrogens with one attached hydrogen (secondary N) is 2. The normalized spacial score (nSPS) is 16.1. The van der Waals surface area contributed by atoms with Gasteiger partial charge in [0.2, 0.25) is 15.6 Å². The molecule has 5 rings (SSSR count). The number of halogens is 4. The monoisotopic (exact) mass is 706 g/mol. The molecule has 1 heterocycles. The minimum Gasteiger partial charge on any atom is -0.497 e. The Balaban J connectivity index is 1.48. The Hall–Kier alpha value is -4.86. The van der Waals surface area contributed by atoms with Crippen LogP contribution in [0.25, 0.3) is 0 Å². The van der Waals surface area contributed by atoms with Crippen LogP contribution in [0.4, 0.5) is 28.9 Å². The number of sulfonamides is 1. The lowest BCUT2D eigenvalue weighted by molar-refractivity contribution is -0.274. The fourth-order valence-electron chi connectivity index (χ4n) is 5.47. The van der Waals surface area contributed by atoms with E-state index in [1.807, 2.05) is 4.72 Å². The number of hydrogen-bond acceptors (Lipinski definition) is 9. The van der Waals surface area contributed by atoms with Crippen LogP contribution in [0.15, 0.2) is 65.8 Å². The van der Waals surface area contributed by atoms with E-state index >= 15 is 0 Å². The van der Waals surface area contributed by atoms with Crippen molar-refractivity contribution in [3.8, 4) is 11.5 Å². The van der Waals surface area contributed by atoms with E-state index < -0.39 is 51.4 Å². The van der Waals surface area contributed by atoms with E-state index in [9.17, 15) is 35.6 Å². The largest absolute Gasteiger partial charge is 0.573 e. The second-order valence-corrected chi connectivity index (χ2v) is 14.2. The highest BCUT2D eigenvalue weighted by molar-refractivity contribution is 7.89. The fourth-order valence-corrected chi connectivity index (χ4v) is 6.05. The van der Waals surface area contributed by atoms with Crippen LogP contribution in [0, 0.1) is 5.82 Å². The quantitative estimate of drug-likeness (QED) is 0.150. The number of rotatable bonds is 11. The summed E-state index contributed by atoms with van der Waals surface area (Å²) in [6.45, 7) is 4.48. The third-order valence-corrected chi connectivity index (χ3v) is 8.76. The van der Waals surface area contributed by atoms with Gasteiger partial charge in [0.25, 0.3) is 11.8 Å². The maximum absolute atomic E-state index is 14.4. The van der Waals surface area contributed by atoms with Crippen molar-refractivity contribution in [2.24, 2.45) is 5.16 Å². The summed E-state index contributed by atoms with van der Waals surface area (Å²) >= 11 is 0. The molecule has 2 amide bonds. The van der Waals surface area contributed by atoms with E-state index in [-0.39, 0.29) is 17.7 Å². The first-order valence-electron chi connectivity index (χ1n) is 15.0. The molecule has 49 heavy (non-hydrogen) atoms. The van der Waals surface area contributed by atoms with E-state index in [1.165, 1.54) is 62.3 Å². The number of oxime groups is 1. The van der Waals surface area contributed by atoms with Gasteiger partial charge in [-0.3, -0.25) is 9.59 Å². The first kappa shape index (κ1) is 35.4. The lowest BCUT2D eigenvalue weighted by Gasteiger charge is -2.27. The summed E-state index contributed by atoms with van der Waals surface area (Å²) in [7, 11) is -2.43. The van der Waals surface area contributed by atoms with Crippen LogP contribution in [0.5, 0.6) is 11.5 Å². The number of nitrogens with zero attached hydrogens (tertiary/aromatic N) is 2. The van der Waals surface area contributed by atoms with Gasteiger partial charge in [-0.05, 0) is 75.1 Å². The number of alkyl halides is 3. The smallest absolute Gasteiger partial charge is 0.497 e. The molecule has 1 atom stereocenters. The minimum absolute atomic E-state index is 0.241. The van der Waals surface area contributed by atoms with Gasteiger partial charge in [0.1, 0.15) is 23.4 Å². The second-order valence-electron chi connectivity index (χ2n) is 12.5. The molecule has 0 bridgehead atoms. The van der Waals surface area contributed by atoms with Gasteiger partial charge in [-0.2, -0.15) is 0 Å². The van der Waals surface area contributed by atoms with Gasteiger partial charge in [0, 0.05) is 35.3 Å². The van der Waals surface area contributed by atoms with Crippen molar-refractivity contribution in [1.29, 1.82) is 0 Å². The molecule has 0 aromatic heterocycles. The van der Waals surface area contributed by atoms with Crippen molar-refractivity contribution >= 4 is 38.9 Å². The molecule has 1 unspecified atom stereocenters. The van der Waals surface area contributed by atoms with E-state index in [4.69, 9.17) is 9.57 Å². The molecular weight excluding hydrogens is 672 g/mol. The number of amides is 2. The summed E-state index contributed by atoms with van der Waals surface area (Å²) in [5.74, 6) is -2.09. The Kier molecular flexibility index (Phi) is 9.31. The number of anilines is 2. The Bertz CT molecular complexity index is 1910. The van der Waals surface area contributed by atoms with E-state index in [0.717, 1.165) is 24.7 Å². The van der Waals surface area contributed by atoms with Gasteiger partial charge in [0.05, 0.1) is 24.8 Å². The van der Waals surface area contributed by atoms with Crippen LogP contribution < -0.4 is 24.4 Å². The van der Waals surface area contributed by atoms with Crippen LogP contribution in [0.1, 0.15) is 56.3 Å². The molecule has 2 aliphatic rings. The molecule has 1 aliphatic carbocycles. The number of ether oxygens (including phenoxy) is 2. The van der Waals surface area contributed by atoms with Gasteiger partial charge < -0.3 is 24.5 Å². The first-order chi connectivity index (χ1) is 22.8. The van der Waals surface area contributed by atoms with E-state index in [1.54, 1.807) is 31.2 Å². The van der Waals surface area contributed by atoms with Crippen molar-refractivity contribution in [1.82, 2.24) is 4.72 Å². The maximum Gasteiger partial charge on any atom is 0.573 e. The molecule has 2 N–H and O–H groups in total. The Labute approximate surface area is 280 Å². The molecule has 262 valence electrons. The standard InChI is InChI=1S/C33H34F4N4O7S/c1-19(39-48-31(2,3)30(43)40-49(5,44)45)21-14-23(16-25(15-21)46-4)38-28(20-6-8-22(34)9-7-20)29(42)41-18-32(12-13-32)26-11-10-24(17-27(26)41)47-33(35,36)37/h6-11,14-17,28,38H,12-13,18H2,1-5H3,(H,40,43). The summed E-state index contributed by atoms with van der Waals surface area (Å²) in [5, 5.41) is 7.21. The van der Waals surface area contributed by atoms with Gasteiger partial charge in [-0.1, -0.05) is 23.4 Å². The van der Waals surface area contributed by atoms with Crippen LogP contribution in [0.3, 0.4) is 0 Å². The molecule has 1 saturated carbocycles. The lowest BCUT2D eigenvalue weighted by atomic mass is 9.99. The molecule has 0 saturated heterocycles. The average molecular weight is 707 g/mol. The predicted molar refractivity (Wildman–Crippen MR) is 173 cm³/mol. The third kappa shape index (κ3) is 8.24. The summed E-state index contributed by atoms with van der Waals surface area (Å²) in [6, 6.07) is 12.9. The number of carbonyl (C=O) groups is 2. The molecule has 1 aliphatic heterocycles. The number of hydrogen-bond donors (Lipinski definition) is 2. The molecule has 0 radical (unpaired) electrons. The van der Waals surface area contributed by atoms with Crippen molar-refractivity contribution in [3.63, 3.8) is 0 Å². The summed E-state index contributed by atoms with van der Waals surface area (Å²) in [5.41, 5.74) is 0.429. The molecule has 3 aromatic carbocycles. The molecule has 16 heteroatoms.